The van der Waals surface area contributed by atoms with E-state index in [0.29, 0.717) is 24.2 Å². The van der Waals surface area contributed by atoms with E-state index in [9.17, 15) is 0 Å². The van der Waals surface area contributed by atoms with Gasteiger partial charge < -0.3 is 13.3 Å². The van der Waals surface area contributed by atoms with E-state index in [1.165, 1.54) is 96.3 Å². The quantitative estimate of drug-likeness (QED) is 0.441. The summed E-state index contributed by atoms with van der Waals surface area (Å²) in [5.41, 5.74) is 0. The van der Waals surface area contributed by atoms with Crippen LogP contribution in [0.4, 0.5) is 0 Å². The highest BCUT2D eigenvalue weighted by Crippen LogP contribution is 2.35. The number of rotatable bonds is 8. The minimum Gasteiger partial charge on any atom is -0.370 e. The highest BCUT2D eigenvalue weighted by atomic mass is 28.4. The van der Waals surface area contributed by atoms with Gasteiger partial charge in [-0.05, 0) is 44.4 Å². The van der Waals surface area contributed by atoms with Crippen LogP contribution in [0.2, 0.25) is 6.04 Å². The van der Waals surface area contributed by atoms with Crippen molar-refractivity contribution >= 4 is 8.80 Å². The minimum absolute atomic E-state index is 0.376. The van der Waals surface area contributed by atoms with Crippen molar-refractivity contribution in [1.82, 2.24) is 0 Å². The molecule has 0 aromatic carbocycles. The lowest BCUT2D eigenvalue weighted by atomic mass is 9.98. The van der Waals surface area contributed by atoms with Crippen molar-refractivity contribution < 1.29 is 13.3 Å². The van der Waals surface area contributed by atoms with Crippen LogP contribution in [-0.2, 0) is 13.3 Å². The summed E-state index contributed by atoms with van der Waals surface area (Å²) in [6.07, 6.45) is 20.3. The van der Waals surface area contributed by atoms with Gasteiger partial charge >= 0.3 is 8.80 Å². The van der Waals surface area contributed by atoms with Crippen LogP contribution in [0.1, 0.15) is 110 Å². The van der Waals surface area contributed by atoms with E-state index in [1.807, 2.05) is 0 Å². The van der Waals surface area contributed by atoms with E-state index in [0.717, 1.165) is 6.04 Å². The van der Waals surface area contributed by atoms with Gasteiger partial charge in [-0.15, -0.1) is 0 Å². The molecule has 0 aliphatic heterocycles. The molecule has 3 nitrogen and oxygen atoms in total. The molecule has 3 rings (SSSR count). The summed E-state index contributed by atoms with van der Waals surface area (Å²) in [6, 6.07) is 0.997. The molecule has 3 fully saturated rings. The first-order valence-electron chi connectivity index (χ1n) is 11.7. The van der Waals surface area contributed by atoms with E-state index in [2.05, 4.69) is 13.8 Å². The molecule has 26 heavy (non-hydrogen) atoms. The zero-order chi connectivity index (χ0) is 18.2. The molecule has 0 saturated heterocycles. The van der Waals surface area contributed by atoms with Gasteiger partial charge in [-0.2, -0.15) is 0 Å². The van der Waals surface area contributed by atoms with Gasteiger partial charge in [0.25, 0.3) is 0 Å². The summed E-state index contributed by atoms with van der Waals surface area (Å²) in [4.78, 5) is 0. The molecule has 0 atom stereocenters. The second kappa shape index (κ2) is 10.6. The Labute approximate surface area is 162 Å². The van der Waals surface area contributed by atoms with Crippen LogP contribution < -0.4 is 0 Å². The molecule has 0 heterocycles. The fourth-order valence-corrected chi connectivity index (χ4v) is 8.72. The Morgan fingerprint density at radius 1 is 0.577 bits per heavy atom. The van der Waals surface area contributed by atoms with Crippen molar-refractivity contribution in [3.63, 3.8) is 0 Å². The van der Waals surface area contributed by atoms with Gasteiger partial charge in [0.1, 0.15) is 0 Å². The third-order valence-electron chi connectivity index (χ3n) is 6.35. The lowest BCUT2D eigenvalue weighted by molar-refractivity contribution is -0.0424. The van der Waals surface area contributed by atoms with E-state index < -0.39 is 8.80 Å². The largest absolute Gasteiger partial charge is 0.501 e. The monoisotopic (exact) mass is 382 g/mol. The lowest BCUT2D eigenvalue weighted by Crippen LogP contribution is -2.54. The zero-order valence-corrected chi connectivity index (χ0v) is 18.3. The third-order valence-corrected chi connectivity index (χ3v) is 9.75. The van der Waals surface area contributed by atoms with Crippen LogP contribution in [-0.4, -0.2) is 27.1 Å². The second-order valence-corrected chi connectivity index (χ2v) is 11.9. The fraction of sp³-hybridized carbons (Fsp3) is 1.00. The van der Waals surface area contributed by atoms with Crippen molar-refractivity contribution in [2.24, 2.45) is 5.92 Å². The molecule has 0 unspecified atom stereocenters. The molecular formula is C22H42O3Si. The first-order valence-corrected chi connectivity index (χ1v) is 13.6. The Morgan fingerprint density at radius 3 is 1.15 bits per heavy atom. The van der Waals surface area contributed by atoms with E-state index in [1.54, 1.807) is 0 Å². The summed E-state index contributed by atoms with van der Waals surface area (Å²) in [5.74, 6) is 0.567. The Balaban J connectivity index is 1.73. The number of hydrogen-bond acceptors (Lipinski definition) is 3. The molecular weight excluding hydrogens is 340 g/mol. The molecule has 0 bridgehead atoms. The second-order valence-electron chi connectivity index (χ2n) is 9.41. The maximum atomic E-state index is 6.89. The van der Waals surface area contributed by atoms with Crippen molar-refractivity contribution in [3.8, 4) is 0 Å². The third kappa shape index (κ3) is 6.61. The lowest BCUT2D eigenvalue weighted by Gasteiger charge is -2.41. The Kier molecular flexibility index (Phi) is 8.48. The highest BCUT2D eigenvalue weighted by Gasteiger charge is 2.48. The molecule has 152 valence electrons. The van der Waals surface area contributed by atoms with Crippen molar-refractivity contribution in [2.75, 3.05) is 0 Å². The van der Waals surface area contributed by atoms with Gasteiger partial charge in [-0.25, -0.2) is 0 Å². The normalized spacial score (nSPS) is 25.0. The summed E-state index contributed by atoms with van der Waals surface area (Å²) >= 11 is 0. The van der Waals surface area contributed by atoms with Gasteiger partial charge in [0.05, 0.1) is 0 Å². The molecule has 3 saturated carbocycles. The molecule has 0 radical (unpaired) electrons. The summed E-state index contributed by atoms with van der Waals surface area (Å²) in [7, 11) is -2.62. The molecule has 0 aromatic heterocycles. The van der Waals surface area contributed by atoms with Crippen LogP contribution in [0.15, 0.2) is 0 Å². The standard InChI is InChI=1S/C22H42O3Si/c1-19(2)18-26(23-20-12-6-3-7-13-20,24-21-14-8-4-9-15-21)25-22-16-10-5-11-17-22/h19-22H,3-18H2,1-2H3. The smallest absolute Gasteiger partial charge is 0.370 e. The molecule has 0 N–H and O–H groups in total. The predicted octanol–water partition coefficient (Wildman–Crippen LogP) is 6.63. The summed E-state index contributed by atoms with van der Waals surface area (Å²) in [6.45, 7) is 4.61. The van der Waals surface area contributed by atoms with E-state index >= 15 is 0 Å². The van der Waals surface area contributed by atoms with Gasteiger partial charge in [-0.3, -0.25) is 0 Å². The number of hydrogen-bond donors (Lipinski definition) is 0. The van der Waals surface area contributed by atoms with Crippen molar-refractivity contribution in [2.45, 2.75) is 135 Å². The Bertz CT molecular complexity index is 333. The molecule has 0 aromatic rings. The first kappa shape index (κ1) is 20.8. The Hall–Kier alpha value is 0.0969. The summed E-state index contributed by atoms with van der Waals surface area (Å²) in [5, 5.41) is 0. The molecule has 3 aliphatic rings. The fourth-order valence-electron chi connectivity index (χ4n) is 5.04. The Morgan fingerprint density at radius 2 is 0.885 bits per heavy atom. The minimum atomic E-state index is -2.62. The first-order chi connectivity index (χ1) is 12.7. The highest BCUT2D eigenvalue weighted by molar-refractivity contribution is 6.61. The van der Waals surface area contributed by atoms with Gasteiger partial charge in [0.2, 0.25) is 0 Å². The topological polar surface area (TPSA) is 27.7 Å². The van der Waals surface area contributed by atoms with Gasteiger partial charge in [0.15, 0.2) is 0 Å². The average molecular weight is 383 g/mol. The average Bonchev–Trinajstić information content (AvgIpc) is 2.63. The maximum Gasteiger partial charge on any atom is 0.501 e. The van der Waals surface area contributed by atoms with Gasteiger partial charge in [-0.1, -0.05) is 71.6 Å². The van der Waals surface area contributed by atoms with E-state index in [4.69, 9.17) is 13.3 Å². The SMILES string of the molecule is CC(C)C[Si](OC1CCCCC1)(OC1CCCCC1)OC1CCCCC1. The van der Waals surface area contributed by atoms with E-state index in [-0.39, 0.29) is 0 Å². The molecule has 0 amide bonds. The van der Waals surface area contributed by atoms with Crippen LogP contribution in [0.3, 0.4) is 0 Å². The van der Waals surface area contributed by atoms with Crippen LogP contribution in [0, 0.1) is 5.92 Å². The van der Waals surface area contributed by atoms with Crippen molar-refractivity contribution in [1.29, 1.82) is 0 Å². The summed E-state index contributed by atoms with van der Waals surface area (Å²) < 4.78 is 20.7. The van der Waals surface area contributed by atoms with Crippen LogP contribution >= 0.6 is 0 Å². The van der Waals surface area contributed by atoms with Crippen molar-refractivity contribution in [3.05, 3.63) is 0 Å². The van der Waals surface area contributed by atoms with Crippen LogP contribution in [0.25, 0.3) is 0 Å². The van der Waals surface area contributed by atoms with Crippen LogP contribution in [0.5, 0.6) is 0 Å². The predicted molar refractivity (Wildman–Crippen MR) is 109 cm³/mol. The zero-order valence-electron chi connectivity index (χ0n) is 17.3. The van der Waals surface area contributed by atoms with Gasteiger partial charge in [0, 0.05) is 24.4 Å². The molecule has 0 spiro atoms. The molecule has 4 heteroatoms. The maximum absolute atomic E-state index is 6.89. The molecule has 3 aliphatic carbocycles.